The smallest absolute Gasteiger partial charge is 0.240 e. The molecular weight excluding hydrogens is 412 g/mol. The van der Waals surface area contributed by atoms with Crippen LogP contribution in [0, 0.1) is 5.92 Å². The lowest BCUT2D eigenvalue weighted by atomic mass is 9.97. The molecule has 3 aromatic carbocycles. The minimum Gasteiger partial charge on any atom is -0.299 e. The average molecular weight is 441 g/mol. The molecule has 0 radical (unpaired) electrons. The van der Waals surface area contributed by atoms with Gasteiger partial charge in [0.25, 0.3) is 0 Å². The first-order valence-electron chi connectivity index (χ1n) is 10.4. The van der Waals surface area contributed by atoms with E-state index in [0.717, 1.165) is 43.2 Å². The third kappa shape index (κ3) is 5.06. The summed E-state index contributed by atoms with van der Waals surface area (Å²) >= 11 is 1.79. The molecule has 0 unspecified atom stereocenters. The first-order chi connectivity index (χ1) is 14.5. The zero-order valence-corrected chi connectivity index (χ0v) is 18.9. The molecule has 0 bridgehead atoms. The van der Waals surface area contributed by atoms with Crippen molar-refractivity contribution in [2.24, 2.45) is 5.92 Å². The summed E-state index contributed by atoms with van der Waals surface area (Å²) in [4.78, 5) is 4.15. The fourth-order valence-electron chi connectivity index (χ4n) is 4.07. The Balaban J connectivity index is 1.31. The van der Waals surface area contributed by atoms with E-state index in [-0.39, 0.29) is 0 Å². The summed E-state index contributed by atoms with van der Waals surface area (Å²) in [6, 6.07) is 21.7. The molecule has 1 aliphatic heterocycles. The number of sulfonamides is 1. The largest absolute Gasteiger partial charge is 0.299 e. The van der Waals surface area contributed by atoms with Crippen LogP contribution in [-0.2, 0) is 16.6 Å². The molecular formula is C24H28N2O2S2. The van der Waals surface area contributed by atoms with E-state index in [1.54, 1.807) is 23.9 Å². The Morgan fingerprint density at radius 1 is 0.967 bits per heavy atom. The third-order valence-electron chi connectivity index (χ3n) is 5.89. The Bertz CT molecular complexity index is 1110. The predicted octanol–water partition coefficient (Wildman–Crippen LogP) is 4.75. The van der Waals surface area contributed by atoms with Gasteiger partial charge in [0.15, 0.2) is 0 Å². The van der Waals surface area contributed by atoms with Crippen LogP contribution in [0.2, 0.25) is 0 Å². The molecule has 1 heterocycles. The van der Waals surface area contributed by atoms with Crippen molar-refractivity contribution in [2.45, 2.75) is 29.2 Å². The van der Waals surface area contributed by atoms with Crippen LogP contribution in [0.15, 0.2) is 76.5 Å². The van der Waals surface area contributed by atoms with Crippen LogP contribution in [0.3, 0.4) is 0 Å². The highest BCUT2D eigenvalue weighted by atomic mass is 32.2. The molecule has 1 aliphatic rings. The normalized spacial score (nSPS) is 16.2. The highest BCUT2D eigenvalue weighted by Crippen LogP contribution is 2.25. The Labute approximate surface area is 183 Å². The maximum absolute atomic E-state index is 12.8. The van der Waals surface area contributed by atoms with Gasteiger partial charge in [-0.1, -0.05) is 48.5 Å². The Kier molecular flexibility index (Phi) is 6.78. The average Bonchev–Trinajstić information content (AvgIpc) is 2.78. The summed E-state index contributed by atoms with van der Waals surface area (Å²) in [6.45, 7) is 3.48. The highest BCUT2D eigenvalue weighted by molar-refractivity contribution is 7.98. The minimum atomic E-state index is -3.49. The first kappa shape index (κ1) is 21.4. The van der Waals surface area contributed by atoms with Crippen molar-refractivity contribution >= 4 is 32.6 Å². The van der Waals surface area contributed by atoms with E-state index in [1.165, 1.54) is 10.5 Å². The number of benzene rings is 3. The maximum atomic E-state index is 12.8. The van der Waals surface area contributed by atoms with Crippen molar-refractivity contribution in [3.63, 3.8) is 0 Å². The lowest BCUT2D eigenvalue weighted by Crippen LogP contribution is -2.38. The summed E-state index contributed by atoms with van der Waals surface area (Å²) in [6.07, 6.45) is 4.15. The SMILES string of the molecule is CSc1ccccc1CN1CCC(CNS(=O)(=O)c2ccc3ccccc3c2)CC1. The number of likely N-dealkylation sites (tertiary alicyclic amines) is 1. The van der Waals surface area contributed by atoms with Gasteiger partial charge < -0.3 is 0 Å². The zero-order valence-electron chi connectivity index (χ0n) is 17.3. The fraction of sp³-hybridized carbons (Fsp3) is 0.333. The Hall–Kier alpha value is -1.86. The number of fused-ring (bicyclic) bond motifs is 1. The van der Waals surface area contributed by atoms with Gasteiger partial charge in [0.2, 0.25) is 10.0 Å². The monoisotopic (exact) mass is 440 g/mol. The number of piperidine rings is 1. The van der Waals surface area contributed by atoms with Crippen molar-refractivity contribution in [3.05, 3.63) is 72.3 Å². The number of nitrogens with zero attached hydrogens (tertiary/aromatic N) is 1. The number of hydrogen-bond donors (Lipinski definition) is 1. The molecule has 0 aliphatic carbocycles. The number of hydrogen-bond acceptors (Lipinski definition) is 4. The van der Waals surface area contributed by atoms with Gasteiger partial charge in [0, 0.05) is 18.0 Å². The van der Waals surface area contributed by atoms with Gasteiger partial charge in [0.05, 0.1) is 4.90 Å². The van der Waals surface area contributed by atoms with Crippen LogP contribution >= 0.6 is 11.8 Å². The predicted molar refractivity (Wildman–Crippen MR) is 125 cm³/mol. The van der Waals surface area contributed by atoms with Crippen LogP contribution in [0.25, 0.3) is 10.8 Å². The van der Waals surface area contributed by atoms with E-state index < -0.39 is 10.0 Å². The van der Waals surface area contributed by atoms with Gasteiger partial charge in [-0.3, -0.25) is 4.90 Å². The molecule has 0 amide bonds. The van der Waals surface area contributed by atoms with Gasteiger partial charge in [-0.2, -0.15) is 0 Å². The quantitative estimate of drug-likeness (QED) is 0.539. The van der Waals surface area contributed by atoms with E-state index in [9.17, 15) is 8.42 Å². The van der Waals surface area contributed by atoms with E-state index >= 15 is 0 Å². The molecule has 1 fully saturated rings. The van der Waals surface area contributed by atoms with Crippen molar-refractivity contribution in [1.82, 2.24) is 9.62 Å². The molecule has 0 atom stereocenters. The number of nitrogens with one attached hydrogen (secondary N) is 1. The zero-order chi connectivity index (χ0) is 21.0. The Morgan fingerprint density at radius 2 is 1.67 bits per heavy atom. The standard InChI is InChI=1S/C24H28N2O2S2/c1-29-24-9-5-4-8-22(24)18-26-14-12-19(13-15-26)17-25-30(27,28)23-11-10-20-6-2-3-7-21(20)16-23/h2-11,16,19,25H,12-15,17-18H2,1H3. The van der Waals surface area contributed by atoms with Crippen LogP contribution in [0.4, 0.5) is 0 Å². The molecule has 158 valence electrons. The van der Waals surface area contributed by atoms with Gasteiger partial charge >= 0.3 is 0 Å². The summed E-state index contributed by atoms with van der Waals surface area (Å²) in [5.74, 6) is 0.382. The van der Waals surface area contributed by atoms with E-state index in [1.807, 2.05) is 30.3 Å². The molecule has 1 N–H and O–H groups in total. The second kappa shape index (κ2) is 9.52. The summed E-state index contributed by atoms with van der Waals surface area (Å²) in [5, 5.41) is 1.99. The van der Waals surface area contributed by atoms with Crippen LogP contribution in [0.5, 0.6) is 0 Å². The van der Waals surface area contributed by atoms with Gasteiger partial charge in [-0.05, 0) is 72.6 Å². The molecule has 3 aromatic rings. The maximum Gasteiger partial charge on any atom is 0.240 e. The molecule has 4 nitrogen and oxygen atoms in total. The van der Waals surface area contributed by atoms with Crippen molar-refractivity contribution in [3.8, 4) is 0 Å². The summed E-state index contributed by atoms with van der Waals surface area (Å²) in [7, 11) is -3.49. The van der Waals surface area contributed by atoms with Crippen LogP contribution < -0.4 is 4.72 Å². The van der Waals surface area contributed by atoms with E-state index in [0.29, 0.717) is 17.4 Å². The molecule has 0 saturated carbocycles. The fourth-order valence-corrected chi connectivity index (χ4v) is 5.83. The highest BCUT2D eigenvalue weighted by Gasteiger charge is 2.22. The van der Waals surface area contributed by atoms with Gasteiger partial charge in [-0.25, -0.2) is 13.1 Å². The molecule has 0 aromatic heterocycles. The lowest BCUT2D eigenvalue weighted by molar-refractivity contribution is 0.177. The second-order valence-electron chi connectivity index (χ2n) is 7.89. The number of rotatable bonds is 7. The molecule has 0 spiro atoms. The minimum absolute atomic E-state index is 0.340. The molecule has 4 rings (SSSR count). The van der Waals surface area contributed by atoms with Gasteiger partial charge in [0.1, 0.15) is 0 Å². The van der Waals surface area contributed by atoms with Crippen LogP contribution in [0.1, 0.15) is 18.4 Å². The third-order valence-corrected chi connectivity index (χ3v) is 8.15. The van der Waals surface area contributed by atoms with Crippen molar-refractivity contribution in [2.75, 3.05) is 25.9 Å². The van der Waals surface area contributed by atoms with Crippen LogP contribution in [-0.4, -0.2) is 39.2 Å². The lowest BCUT2D eigenvalue weighted by Gasteiger charge is -2.32. The summed E-state index contributed by atoms with van der Waals surface area (Å²) < 4.78 is 28.4. The first-order valence-corrected chi connectivity index (χ1v) is 13.1. The van der Waals surface area contributed by atoms with Gasteiger partial charge in [-0.15, -0.1) is 11.8 Å². The van der Waals surface area contributed by atoms with E-state index in [2.05, 4.69) is 40.1 Å². The van der Waals surface area contributed by atoms with Crippen molar-refractivity contribution in [1.29, 1.82) is 0 Å². The molecule has 6 heteroatoms. The second-order valence-corrected chi connectivity index (χ2v) is 10.5. The molecule has 30 heavy (non-hydrogen) atoms. The van der Waals surface area contributed by atoms with Crippen molar-refractivity contribution < 1.29 is 8.42 Å². The Morgan fingerprint density at radius 3 is 2.43 bits per heavy atom. The number of thioether (sulfide) groups is 1. The molecule has 1 saturated heterocycles. The summed E-state index contributed by atoms with van der Waals surface area (Å²) in [5.41, 5.74) is 1.38. The topological polar surface area (TPSA) is 49.4 Å². The van der Waals surface area contributed by atoms with E-state index in [4.69, 9.17) is 0 Å².